The van der Waals surface area contributed by atoms with Crippen LogP contribution < -0.4 is 5.32 Å². The maximum absolute atomic E-state index is 12.4. The van der Waals surface area contributed by atoms with Crippen LogP contribution in [-0.2, 0) is 5.75 Å². The van der Waals surface area contributed by atoms with Crippen molar-refractivity contribution in [3.8, 4) is 11.3 Å². The standard InChI is InChI=1S/C17H11ClN2OS2/c18-12-7-3-1-5-10(12)16(21)20-17-19-15-11-6-2-4-8-13(11)22-9-14(15)23-17/h1-8H,9H2,(H,19,20,21). The fourth-order valence-corrected chi connectivity index (χ4v) is 4.77. The molecule has 0 spiro atoms. The van der Waals surface area contributed by atoms with Gasteiger partial charge < -0.3 is 0 Å². The van der Waals surface area contributed by atoms with Gasteiger partial charge in [-0.05, 0) is 18.2 Å². The number of amides is 1. The van der Waals surface area contributed by atoms with Gasteiger partial charge in [-0.2, -0.15) is 0 Å². The molecule has 2 aromatic carbocycles. The normalized spacial score (nSPS) is 12.4. The van der Waals surface area contributed by atoms with Crippen molar-refractivity contribution in [3.63, 3.8) is 0 Å². The number of carbonyl (C=O) groups excluding carboxylic acids is 1. The summed E-state index contributed by atoms with van der Waals surface area (Å²) in [6.07, 6.45) is 0. The Balaban J connectivity index is 1.65. The first-order valence-corrected chi connectivity index (χ1v) is 9.18. The number of thiazole rings is 1. The Morgan fingerprint density at radius 2 is 1.91 bits per heavy atom. The number of aromatic nitrogens is 1. The van der Waals surface area contributed by atoms with Crippen molar-refractivity contribution in [1.29, 1.82) is 0 Å². The number of nitrogens with zero attached hydrogens (tertiary/aromatic N) is 1. The van der Waals surface area contributed by atoms with Crippen LogP contribution in [0.5, 0.6) is 0 Å². The van der Waals surface area contributed by atoms with Crippen LogP contribution in [0.1, 0.15) is 15.2 Å². The minimum absolute atomic E-state index is 0.234. The first-order valence-electron chi connectivity index (χ1n) is 7.00. The molecule has 3 nitrogen and oxygen atoms in total. The molecule has 4 rings (SSSR count). The SMILES string of the molecule is O=C(Nc1nc2c(s1)CSc1ccccc1-2)c1ccccc1Cl. The van der Waals surface area contributed by atoms with Gasteiger partial charge in [0, 0.05) is 21.1 Å². The fourth-order valence-electron chi connectivity index (χ4n) is 2.45. The van der Waals surface area contributed by atoms with Crippen LogP contribution in [0.15, 0.2) is 53.4 Å². The summed E-state index contributed by atoms with van der Waals surface area (Å²) >= 11 is 9.39. The lowest BCUT2D eigenvalue weighted by Gasteiger charge is -2.13. The molecule has 2 heterocycles. The van der Waals surface area contributed by atoms with E-state index in [1.54, 1.807) is 36.0 Å². The van der Waals surface area contributed by atoms with E-state index in [0.29, 0.717) is 15.7 Å². The Bertz CT molecular complexity index is 907. The molecule has 114 valence electrons. The molecule has 1 aromatic heterocycles. The van der Waals surface area contributed by atoms with Crippen LogP contribution >= 0.6 is 34.7 Å². The molecule has 0 unspecified atom stereocenters. The van der Waals surface area contributed by atoms with Crippen molar-refractivity contribution < 1.29 is 4.79 Å². The molecule has 0 atom stereocenters. The first kappa shape index (κ1) is 14.8. The van der Waals surface area contributed by atoms with Gasteiger partial charge in [0.25, 0.3) is 5.91 Å². The molecule has 3 aromatic rings. The molecule has 0 fully saturated rings. The highest BCUT2D eigenvalue weighted by atomic mass is 35.5. The van der Waals surface area contributed by atoms with Crippen molar-refractivity contribution >= 4 is 45.7 Å². The lowest BCUT2D eigenvalue weighted by Crippen LogP contribution is -2.12. The van der Waals surface area contributed by atoms with Gasteiger partial charge in [-0.1, -0.05) is 41.9 Å². The summed E-state index contributed by atoms with van der Waals surface area (Å²) in [6, 6.07) is 15.2. The van der Waals surface area contributed by atoms with Crippen molar-refractivity contribution in [2.24, 2.45) is 0 Å². The third kappa shape index (κ3) is 2.76. The van der Waals surface area contributed by atoms with Crippen LogP contribution in [-0.4, -0.2) is 10.9 Å². The van der Waals surface area contributed by atoms with E-state index in [1.807, 2.05) is 12.1 Å². The van der Waals surface area contributed by atoms with Gasteiger partial charge in [-0.15, -0.1) is 23.1 Å². The average Bonchev–Trinajstić information content (AvgIpc) is 2.98. The predicted molar refractivity (Wildman–Crippen MR) is 96.5 cm³/mol. The largest absolute Gasteiger partial charge is 0.298 e. The monoisotopic (exact) mass is 358 g/mol. The molecule has 1 aliphatic heterocycles. The molecule has 1 aliphatic rings. The van der Waals surface area contributed by atoms with Gasteiger partial charge in [0.05, 0.1) is 16.3 Å². The summed E-state index contributed by atoms with van der Waals surface area (Å²) in [5, 5.41) is 3.91. The maximum atomic E-state index is 12.4. The van der Waals surface area contributed by atoms with Crippen molar-refractivity contribution in [1.82, 2.24) is 4.98 Å². The molecular weight excluding hydrogens is 348 g/mol. The van der Waals surface area contributed by atoms with Crippen LogP contribution in [0.2, 0.25) is 5.02 Å². The highest BCUT2D eigenvalue weighted by molar-refractivity contribution is 7.98. The third-order valence-corrected chi connectivity index (χ3v) is 6.12. The lowest BCUT2D eigenvalue weighted by molar-refractivity contribution is 0.102. The Labute approximate surface area is 146 Å². The highest BCUT2D eigenvalue weighted by Crippen LogP contribution is 2.44. The van der Waals surface area contributed by atoms with Gasteiger partial charge in [0.15, 0.2) is 5.13 Å². The molecule has 1 N–H and O–H groups in total. The van der Waals surface area contributed by atoms with Crippen molar-refractivity contribution in [3.05, 3.63) is 64.0 Å². The average molecular weight is 359 g/mol. The second-order valence-corrected chi connectivity index (χ2v) is 7.52. The first-order chi connectivity index (χ1) is 11.2. The summed E-state index contributed by atoms with van der Waals surface area (Å²) in [5.41, 5.74) is 2.56. The maximum Gasteiger partial charge on any atom is 0.258 e. The van der Waals surface area contributed by atoms with E-state index in [4.69, 9.17) is 11.6 Å². The van der Waals surface area contributed by atoms with Crippen LogP contribution in [0.3, 0.4) is 0 Å². The zero-order chi connectivity index (χ0) is 15.8. The van der Waals surface area contributed by atoms with E-state index < -0.39 is 0 Å². The molecule has 0 bridgehead atoms. The van der Waals surface area contributed by atoms with E-state index in [9.17, 15) is 4.79 Å². The number of benzene rings is 2. The summed E-state index contributed by atoms with van der Waals surface area (Å²) in [5.74, 6) is 0.647. The minimum Gasteiger partial charge on any atom is -0.298 e. The van der Waals surface area contributed by atoms with Crippen molar-refractivity contribution in [2.75, 3.05) is 5.32 Å². The number of thioether (sulfide) groups is 1. The van der Waals surface area contributed by atoms with Gasteiger partial charge in [-0.3, -0.25) is 10.1 Å². The van der Waals surface area contributed by atoms with Gasteiger partial charge in [0.2, 0.25) is 0 Å². The van der Waals surface area contributed by atoms with E-state index in [-0.39, 0.29) is 5.91 Å². The fraction of sp³-hybridized carbons (Fsp3) is 0.0588. The Morgan fingerprint density at radius 1 is 1.13 bits per heavy atom. The third-order valence-electron chi connectivity index (χ3n) is 3.54. The van der Waals surface area contributed by atoms with Gasteiger partial charge in [-0.25, -0.2) is 4.98 Å². The number of fused-ring (bicyclic) bond motifs is 3. The molecule has 6 heteroatoms. The number of hydrogen-bond donors (Lipinski definition) is 1. The van der Waals surface area contributed by atoms with Crippen molar-refractivity contribution in [2.45, 2.75) is 10.6 Å². The molecule has 1 amide bonds. The molecular formula is C17H11ClN2OS2. The molecule has 0 aliphatic carbocycles. The van der Waals surface area contributed by atoms with E-state index in [2.05, 4.69) is 22.4 Å². The molecule has 0 radical (unpaired) electrons. The number of hydrogen-bond acceptors (Lipinski definition) is 4. The quantitative estimate of drug-likeness (QED) is 0.674. The number of carbonyl (C=O) groups is 1. The second kappa shape index (κ2) is 6.00. The van der Waals surface area contributed by atoms with Crippen LogP contribution in [0.25, 0.3) is 11.3 Å². The van der Waals surface area contributed by atoms with E-state index >= 15 is 0 Å². The lowest BCUT2D eigenvalue weighted by atomic mass is 10.1. The number of nitrogens with one attached hydrogen (secondary N) is 1. The molecule has 0 saturated carbocycles. The Hall–Kier alpha value is -1.82. The Kier molecular flexibility index (Phi) is 3.85. The number of halogens is 1. The van der Waals surface area contributed by atoms with Gasteiger partial charge in [0.1, 0.15) is 0 Å². The van der Waals surface area contributed by atoms with E-state index in [1.165, 1.54) is 21.1 Å². The zero-order valence-electron chi connectivity index (χ0n) is 11.9. The van der Waals surface area contributed by atoms with Gasteiger partial charge >= 0.3 is 0 Å². The molecule has 23 heavy (non-hydrogen) atoms. The minimum atomic E-state index is -0.234. The molecule has 0 saturated heterocycles. The highest BCUT2D eigenvalue weighted by Gasteiger charge is 2.22. The Morgan fingerprint density at radius 3 is 2.78 bits per heavy atom. The number of anilines is 1. The van der Waals surface area contributed by atoms with E-state index in [0.717, 1.165) is 17.0 Å². The summed E-state index contributed by atoms with van der Waals surface area (Å²) in [7, 11) is 0. The number of rotatable bonds is 2. The summed E-state index contributed by atoms with van der Waals surface area (Å²) in [4.78, 5) is 19.4. The summed E-state index contributed by atoms with van der Waals surface area (Å²) < 4.78 is 0. The smallest absolute Gasteiger partial charge is 0.258 e. The predicted octanol–water partition coefficient (Wildman–Crippen LogP) is 5.32. The second-order valence-electron chi connectivity index (χ2n) is 5.01. The van der Waals surface area contributed by atoms with Crippen LogP contribution in [0.4, 0.5) is 5.13 Å². The zero-order valence-corrected chi connectivity index (χ0v) is 14.3. The van der Waals surface area contributed by atoms with Crippen LogP contribution in [0, 0.1) is 0 Å². The summed E-state index contributed by atoms with van der Waals surface area (Å²) in [6.45, 7) is 0. The topological polar surface area (TPSA) is 42.0 Å².